The predicted molar refractivity (Wildman–Crippen MR) is 75.6 cm³/mol. The number of nitrogens with two attached hydrogens (primary N) is 1. The standard InChI is InChI=1S/C13H12N4S/c14-13-16-10-6-7-18-11(10)12(17-13)15-8-9-4-2-1-3-5-9/h1-7H,8H2,(H3,14,15,16,17). The van der Waals surface area contributed by atoms with Gasteiger partial charge in [-0.3, -0.25) is 0 Å². The molecule has 2 aromatic heterocycles. The SMILES string of the molecule is Nc1nc(NCc2ccccc2)c2sccc2n1. The summed E-state index contributed by atoms with van der Waals surface area (Å²) in [5, 5.41) is 5.30. The fourth-order valence-corrected chi connectivity index (χ4v) is 2.58. The first kappa shape index (κ1) is 11.0. The molecule has 0 bridgehead atoms. The van der Waals surface area contributed by atoms with Gasteiger partial charge in [-0.2, -0.15) is 4.98 Å². The van der Waals surface area contributed by atoms with Crippen molar-refractivity contribution in [3.05, 3.63) is 47.3 Å². The predicted octanol–water partition coefficient (Wildman–Crippen LogP) is 2.89. The molecule has 90 valence electrons. The van der Waals surface area contributed by atoms with Crippen LogP contribution >= 0.6 is 11.3 Å². The number of nitrogens with one attached hydrogen (secondary N) is 1. The Labute approximate surface area is 109 Å². The molecule has 18 heavy (non-hydrogen) atoms. The molecule has 4 nitrogen and oxygen atoms in total. The molecule has 0 atom stereocenters. The lowest BCUT2D eigenvalue weighted by atomic mass is 10.2. The van der Waals surface area contributed by atoms with Crippen LogP contribution in [-0.2, 0) is 6.54 Å². The van der Waals surface area contributed by atoms with Crippen LogP contribution in [-0.4, -0.2) is 9.97 Å². The van der Waals surface area contributed by atoms with Gasteiger partial charge in [-0.25, -0.2) is 4.98 Å². The van der Waals surface area contributed by atoms with Gasteiger partial charge in [-0.1, -0.05) is 30.3 Å². The van der Waals surface area contributed by atoms with Crippen molar-refractivity contribution >= 4 is 33.3 Å². The molecule has 5 heteroatoms. The summed E-state index contributed by atoms with van der Waals surface area (Å²) in [5.74, 6) is 1.10. The lowest BCUT2D eigenvalue weighted by molar-refractivity contribution is 1.11. The highest BCUT2D eigenvalue weighted by atomic mass is 32.1. The first-order valence-corrected chi connectivity index (χ1v) is 6.49. The van der Waals surface area contributed by atoms with Crippen LogP contribution in [0, 0.1) is 0 Å². The van der Waals surface area contributed by atoms with Crippen LogP contribution in [0.15, 0.2) is 41.8 Å². The molecule has 0 saturated carbocycles. The highest BCUT2D eigenvalue weighted by Gasteiger charge is 2.06. The van der Waals surface area contributed by atoms with E-state index in [1.807, 2.05) is 29.6 Å². The number of benzene rings is 1. The molecule has 0 unspecified atom stereocenters. The molecule has 1 aromatic carbocycles. The average Bonchev–Trinajstić information content (AvgIpc) is 2.85. The van der Waals surface area contributed by atoms with E-state index in [1.54, 1.807) is 11.3 Å². The largest absolute Gasteiger partial charge is 0.368 e. The molecule has 0 aliphatic rings. The molecule has 2 heterocycles. The third-order valence-corrected chi connectivity index (χ3v) is 3.53. The summed E-state index contributed by atoms with van der Waals surface area (Å²) in [6, 6.07) is 12.1. The fourth-order valence-electron chi connectivity index (χ4n) is 1.78. The van der Waals surface area contributed by atoms with Crippen molar-refractivity contribution in [3.63, 3.8) is 0 Å². The highest BCUT2D eigenvalue weighted by Crippen LogP contribution is 2.26. The number of hydrogen-bond donors (Lipinski definition) is 2. The molecule has 0 aliphatic carbocycles. The van der Waals surface area contributed by atoms with Crippen molar-refractivity contribution in [2.24, 2.45) is 0 Å². The van der Waals surface area contributed by atoms with Crippen LogP contribution in [0.25, 0.3) is 10.2 Å². The monoisotopic (exact) mass is 256 g/mol. The third kappa shape index (κ3) is 2.12. The maximum atomic E-state index is 5.70. The van der Waals surface area contributed by atoms with Gasteiger partial charge in [-0.05, 0) is 17.0 Å². The van der Waals surface area contributed by atoms with E-state index in [4.69, 9.17) is 5.73 Å². The van der Waals surface area contributed by atoms with E-state index in [0.717, 1.165) is 22.6 Å². The van der Waals surface area contributed by atoms with Gasteiger partial charge < -0.3 is 11.1 Å². The average molecular weight is 256 g/mol. The molecular weight excluding hydrogens is 244 g/mol. The fraction of sp³-hybridized carbons (Fsp3) is 0.0769. The zero-order valence-corrected chi connectivity index (χ0v) is 10.4. The number of nitrogens with zero attached hydrogens (tertiary/aromatic N) is 2. The third-order valence-electron chi connectivity index (χ3n) is 2.62. The van der Waals surface area contributed by atoms with Crippen molar-refractivity contribution in [1.29, 1.82) is 0 Å². The van der Waals surface area contributed by atoms with Crippen LogP contribution in [0.1, 0.15) is 5.56 Å². The Morgan fingerprint density at radius 2 is 1.94 bits per heavy atom. The highest BCUT2D eigenvalue weighted by molar-refractivity contribution is 7.17. The number of aromatic nitrogens is 2. The van der Waals surface area contributed by atoms with Gasteiger partial charge in [0.05, 0.1) is 10.2 Å². The van der Waals surface area contributed by atoms with Crippen molar-refractivity contribution in [3.8, 4) is 0 Å². The normalized spacial score (nSPS) is 10.7. The van der Waals surface area contributed by atoms with Gasteiger partial charge in [0.2, 0.25) is 5.95 Å². The summed E-state index contributed by atoms with van der Waals surface area (Å²) in [6.45, 7) is 0.726. The lowest BCUT2D eigenvalue weighted by Crippen LogP contribution is -2.04. The number of thiophene rings is 1. The summed E-state index contributed by atoms with van der Waals surface area (Å²) in [7, 11) is 0. The quantitative estimate of drug-likeness (QED) is 0.756. The molecule has 3 N–H and O–H groups in total. The zero-order chi connectivity index (χ0) is 12.4. The summed E-state index contributed by atoms with van der Waals surface area (Å²) in [6.07, 6.45) is 0. The van der Waals surface area contributed by atoms with Crippen LogP contribution < -0.4 is 11.1 Å². The minimum absolute atomic E-state index is 0.302. The van der Waals surface area contributed by atoms with E-state index in [-0.39, 0.29) is 0 Å². The molecule has 0 fully saturated rings. The first-order chi connectivity index (χ1) is 8.83. The van der Waals surface area contributed by atoms with E-state index in [2.05, 4.69) is 27.4 Å². The minimum Gasteiger partial charge on any atom is -0.368 e. The number of anilines is 2. The van der Waals surface area contributed by atoms with Gasteiger partial charge in [0.25, 0.3) is 0 Å². The molecule has 0 saturated heterocycles. The molecule has 0 amide bonds. The first-order valence-electron chi connectivity index (χ1n) is 5.61. The molecular formula is C13H12N4S. The Morgan fingerprint density at radius 1 is 1.11 bits per heavy atom. The van der Waals surface area contributed by atoms with E-state index in [0.29, 0.717) is 5.95 Å². The molecule has 0 radical (unpaired) electrons. The lowest BCUT2D eigenvalue weighted by Gasteiger charge is -2.07. The number of hydrogen-bond acceptors (Lipinski definition) is 5. The van der Waals surface area contributed by atoms with Gasteiger partial charge in [0.1, 0.15) is 5.82 Å². The Balaban J connectivity index is 1.88. The van der Waals surface area contributed by atoms with Gasteiger partial charge in [-0.15, -0.1) is 11.3 Å². The maximum absolute atomic E-state index is 5.70. The summed E-state index contributed by atoms with van der Waals surface area (Å²) >= 11 is 1.61. The van der Waals surface area contributed by atoms with Crippen LogP contribution in [0.2, 0.25) is 0 Å². The summed E-state index contributed by atoms with van der Waals surface area (Å²) in [5.41, 5.74) is 7.79. The minimum atomic E-state index is 0.302. The molecule has 0 spiro atoms. The van der Waals surface area contributed by atoms with Gasteiger partial charge >= 0.3 is 0 Å². The zero-order valence-electron chi connectivity index (χ0n) is 9.63. The smallest absolute Gasteiger partial charge is 0.222 e. The van der Waals surface area contributed by atoms with Crippen LogP contribution in [0.4, 0.5) is 11.8 Å². The van der Waals surface area contributed by atoms with E-state index >= 15 is 0 Å². The van der Waals surface area contributed by atoms with E-state index in [1.165, 1.54) is 5.56 Å². The van der Waals surface area contributed by atoms with Crippen molar-refractivity contribution in [2.45, 2.75) is 6.54 Å². The second kappa shape index (κ2) is 4.62. The number of fused-ring (bicyclic) bond motifs is 1. The number of rotatable bonds is 3. The Kier molecular flexibility index (Phi) is 2.82. The summed E-state index contributed by atoms with van der Waals surface area (Å²) in [4.78, 5) is 8.44. The molecule has 3 rings (SSSR count). The van der Waals surface area contributed by atoms with Crippen LogP contribution in [0.5, 0.6) is 0 Å². The summed E-state index contributed by atoms with van der Waals surface area (Å²) < 4.78 is 1.04. The van der Waals surface area contributed by atoms with Gasteiger partial charge in [0.15, 0.2) is 0 Å². The van der Waals surface area contributed by atoms with Crippen LogP contribution in [0.3, 0.4) is 0 Å². The molecule has 3 aromatic rings. The van der Waals surface area contributed by atoms with Crippen molar-refractivity contribution in [1.82, 2.24) is 9.97 Å². The number of nitrogen functional groups attached to an aromatic ring is 1. The second-order valence-electron chi connectivity index (χ2n) is 3.90. The Hall–Kier alpha value is -2.14. The topological polar surface area (TPSA) is 63.8 Å². The maximum Gasteiger partial charge on any atom is 0.222 e. The van der Waals surface area contributed by atoms with E-state index in [9.17, 15) is 0 Å². The van der Waals surface area contributed by atoms with Crippen molar-refractivity contribution < 1.29 is 0 Å². The Morgan fingerprint density at radius 3 is 2.78 bits per heavy atom. The van der Waals surface area contributed by atoms with E-state index < -0.39 is 0 Å². The van der Waals surface area contributed by atoms with Crippen molar-refractivity contribution in [2.75, 3.05) is 11.1 Å². The second-order valence-corrected chi connectivity index (χ2v) is 4.82. The van der Waals surface area contributed by atoms with Gasteiger partial charge in [0, 0.05) is 6.54 Å². The Bertz CT molecular complexity index is 663. The molecule has 0 aliphatic heterocycles.